The number of nitrogens with two attached hydrogens (primary N) is 1. The standard InChI is InChI=1S/C15H21N5.HI/c1-3-19(4-2)15(16)18-11-13-7-5-6-8-14(13)20-10-9-17-12-20;/h5-10,12H,3-4,11H2,1-2H3,(H2,16,18);1H. The summed E-state index contributed by atoms with van der Waals surface area (Å²) in [5.41, 5.74) is 8.22. The van der Waals surface area contributed by atoms with Gasteiger partial charge in [0.25, 0.3) is 0 Å². The lowest BCUT2D eigenvalue weighted by atomic mass is 10.2. The number of imidazole rings is 1. The van der Waals surface area contributed by atoms with Crippen LogP contribution in [0.2, 0.25) is 0 Å². The smallest absolute Gasteiger partial charge is 0.191 e. The highest BCUT2D eigenvalue weighted by atomic mass is 127. The summed E-state index contributed by atoms with van der Waals surface area (Å²) in [7, 11) is 0. The molecule has 0 saturated carbocycles. The van der Waals surface area contributed by atoms with Gasteiger partial charge in [0.2, 0.25) is 0 Å². The fourth-order valence-corrected chi connectivity index (χ4v) is 2.11. The molecule has 0 saturated heterocycles. The summed E-state index contributed by atoms with van der Waals surface area (Å²) in [5.74, 6) is 0.593. The molecule has 0 bridgehead atoms. The first kappa shape index (κ1) is 17.5. The Morgan fingerprint density at radius 3 is 2.62 bits per heavy atom. The number of aromatic nitrogens is 2. The van der Waals surface area contributed by atoms with Crippen LogP contribution in [-0.4, -0.2) is 33.5 Å². The van der Waals surface area contributed by atoms with Crippen molar-refractivity contribution in [1.29, 1.82) is 0 Å². The van der Waals surface area contributed by atoms with Crippen molar-refractivity contribution in [3.8, 4) is 5.69 Å². The Morgan fingerprint density at radius 1 is 1.29 bits per heavy atom. The predicted octanol–water partition coefficient (Wildman–Crippen LogP) is 2.65. The first-order chi connectivity index (χ1) is 9.76. The Labute approximate surface area is 142 Å². The van der Waals surface area contributed by atoms with Gasteiger partial charge in [-0.25, -0.2) is 9.98 Å². The van der Waals surface area contributed by atoms with E-state index in [-0.39, 0.29) is 24.0 Å². The maximum absolute atomic E-state index is 6.01. The van der Waals surface area contributed by atoms with Crippen LogP contribution in [0.5, 0.6) is 0 Å². The third-order valence-electron chi connectivity index (χ3n) is 3.27. The van der Waals surface area contributed by atoms with Crippen LogP contribution < -0.4 is 5.73 Å². The van der Waals surface area contributed by atoms with Gasteiger partial charge in [0.05, 0.1) is 18.6 Å². The van der Waals surface area contributed by atoms with E-state index in [0.717, 1.165) is 24.3 Å². The van der Waals surface area contributed by atoms with Crippen molar-refractivity contribution in [3.63, 3.8) is 0 Å². The van der Waals surface area contributed by atoms with Gasteiger partial charge in [-0.2, -0.15) is 0 Å². The highest BCUT2D eigenvalue weighted by molar-refractivity contribution is 14.0. The van der Waals surface area contributed by atoms with E-state index < -0.39 is 0 Å². The van der Waals surface area contributed by atoms with Crippen molar-refractivity contribution in [3.05, 3.63) is 48.5 Å². The summed E-state index contributed by atoms with van der Waals surface area (Å²) in [6.45, 7) is 6.46. The van der Waals surface area contributed by atoms with Crippen LogP contribution in [0, 0.1) is 0 Å². The van der Waals surface area contributed by atoms with E-state index in [4.69, 9.17) is 5.73 Å². The third kappa shape index (κ3) is 4.45. The van der Waals surface area contributed by atoms with Crippen LogP contribution >= 0.6 is 24.0 Å². The molecule has 2 rings (SSSR count). The Hall–Kier alpha value is -1.57. The molecule has 1 heterocycles. The molecule has 0 unspecified atom stereocenters. The van der Waals surface area contributed by atoms with Gasteiger partial charge in [0.15, 0.2) is 5.96 Å². The van der Waals surface area contributed by atoms with Gasteiger partial charge < -0.3 is 15.2 Å². The number of aliphatic imine (C=N–C) groups is 1. The minimum atomic E-state index is 0. The van der Waals surface area contributed by atoms with Crippen molar-refractivity contribution >= 4 is 29.9 Å². The molecule has 1 aromatic carbocycles. The average Bonchev–Trinajstić information content (AvgIpc) is 3.01. The normalized spacial score (nSPS) is 11.0. The molecule has 2 N–H and O–H groups in total. The van der Waals surface area contributed by atoms with Gasteiger partial charge in [-0.05, 0) is 25.5 Å². The van der Waals surface area contributed by atoms with Gasteiger partial charge in [-0.1, -0.05) is 18.2 Å². The minimum Gasteiger partial charge on any atom is -0.370 e. The van der Waals surface area contributed by atoms with Gasteiger partial charge in [0, 0.05) is 25.5 Å². The molecule has 0 fully saturated rings. The van der Waals surface area contributed by atoms with Crippen LogP contribution in [0.4, 0.5) is 0 Å². The number of para-hydroxylation sites is 1. The first-order valence-electron chi connectivity index (χ1n) is 6.87. The highest BCUT2D eigenvalue weighted by Gasteiger charge is 2.05. The molecular formula is C15H22IN5. The summed E-state index contributed by atoms with van der Waals surface area (Å²) < 4.78 is 1.98. The zero-order valence-corrected chi connectivity index (χ0v) is 14.8. The molecule has 6 heteroatoms. The predicted molar refractivity (Wildman–Crippen MR) is 97.2 cm³/mol. The summed E-state index contributed by atoms with van der Waals surface area (Å²) in [5, 5.41) is 0. The van der Waals surface area contributed by atoms with E-state index in [2.05, 4.69) is 36.0 Å². The maximum atomic E-state index is 6.01. The Bertz CT molecular complexity index is 561. The second kappa shape index (κ2) is 8.66. The van der Waals surface area contributed by atoms with Crippen molar-refractivity contribution < 1.29 is 0 Å². The van der Waals surface area contributed by atoms with Crippen molar-refractivity contribution in [2.24, 2.45) is 10.7 Å². The largest absolute Gasteiger partial charge is 0.370 e. The van der Waals surface area contributed by atoms with Crippen molar-refractivity contribution in [2.45, 2.75) is 20.4 Å². The van der Waals surface area contributed by atoms with Crippen molar-refractivity contribution in [2.75, 3.05) is 13.1 Å². The van der Waals surface area contributed by atoms with Crippen LogP contribution in [0.15, 0.2) is 48.0 Å². The third-order valence-corrected chi connectivity index (χ3v) is 3.27. The Morgan fingerprint density at radius 2 is 2.00 bits per heavy atom. The zero-order chi connectivity index (χ0) is 14.4. The first-order valence-corrected chi connectivity index (χ1v) is 6.87. The molecule has 0 amide bonds. The van der Waals surface area contributed by atoms with Gasteiger partial charge in [-0.3, -0.25) is 0 Å². The van der Waals surface area contributed by atoms with Gasteiger partial charge >= 0.3 is 0 Å². The molecule has 0 radical (unpaired) electrons. The average molecular weight is 399 g/mol. The van der Waals surface area contributed by atoms with Crippen LogP contribution in [0.1, 0.15) is 19.4 Å². The number of guanidine groups is 1. The van der Waals surface area contributed by atoms with Crippen LogP contribution in [0.3, 0.4) is 0 Å². The van der Waals surface area contributed by atoms with Gasteiger partial charge in [0.1, 0.15) is 0 Å². The topological polar surface area (TPSA) is 59.4 Å². The molecule has 0 aliphatic heterocycles. The van der Waals surface area contributed by atoms with Crippen molar-refractivity contribution in [1.82, 2.24) is 14.5 Å². The zero-order valence-electron chi connectivity index (χ0n) is 12.4. The highest BCUT2D eigenvalue weighted by Crippen LogP contribution is 2.15. The number of halogens is 1. The number of hydrogen-bond acceptors (Lipinski definition) is 2. The van der Waals surface area contributed by atoms with Crippen LogP contribution in [-0.2, 0) is 6.54 Å². The summed E-state index contributed by atoms with van der Waals surface area (Å²) in [4.78, 5) is 10.6. The van der Waals surface area contributed by atoms with Gasteiger partial charge in [-0.15, -0.1) is 24.0 Å². The van der Waals surface area contributed by atoms with E-state index in [0.29, 0.717) is 12.5 Å². The molecular weight excluding hydrogens is 377 g/mol. The molecule has 0 atom stereocenters. The summed E-state index contributed by atoms with van der Waals surface area (Å²) in [6.07, 6.45) is 5.48. The quantitative estimate of drug-likeness (QED) is 0.478. The molecule has 1 aromatic heterocycles. The molecule has 2 aromatic rings. The second-order valence-electron chi connectivity index (χ2n) is 4.45. The van der Waals surface area contributed by atoms with Crippen LogP contribution in [0.25, 0.3) is 5.69 Å². The van der Waals surface area contributed by atoms with E-state index in [1.807, 2.05) is 27.8 Å². The summed E-state index contributed by atoms with van der Waals surface area (Å²) in [6, 6.07) is 8.14. The number of hydrogen-bond donors (Lipinski definition) is 1. The Kier molecular flexibility index (Phi) is 7.21. The lowest BCUT2D eigenvalue weighted by Gasteiger charge is -2.19. The number of benzene rings is 1. The lowest BCUT2D eigenvalue weighted by Crippen LogP contribution is -2.37. The second-order valence-corrected chi connectivity index (χ2v) is 4.45. The molecule has 21 heavy (non-hydrogen) atoms. The molecule has 114 valence electrons. The van der Waals surface area contributed by atoms with E-state index in [1.54, 1.807) is 12.5 Å². The maximum Gasteiger partial charge on any atom is 0.191 e. The summed E-state index contributed by atoms with van der Waals surface area (Å²) >= 11 is 0. The van der Waals surface area contributed by atoms with E-state index >= 15 is 0 Å². The molecule has 5 nitrogen and oxygen atoms in total. The molecule has 0 spiro atoms. The van der Waals surface area contributed by atoms with E-state index in [9.17, 15) is 0 Å². The Balaban J connectivity index is 0.00000220. The lowest BCUT2D eigenvalue weighted by molar-refractivity contribution is 0.458. The number of rotatable bonds is 5. The number of nitrogens with zero attached hydrogens (tertiary/aromatic N) is 4. The SMILES string of the molecule is CCN(CC)C(N)=NCc1ccccc1-n1ccnc1.I. The fourth-order valence-electron chi connectivity index (χ4n) is 2.11. The fraction of sp³-hybridized carbons (Fsp3) is 0.333. The molecule has 0 aliphatic rings. The van der Waals surface area contributed by atoms with E-state index in [1.165, 1.54) is 0 Å². The molecule has 0 aliphatic carbocycles. The minimum absolute atomic E-state index is 0. The monoisotopic (exact) mass is 399 g/mol.